The molecule has 0 amide bonds. The summed E-state index contributed by atoms with van der Waals surface area (Å²) in [7, 11) is 0. The van der Waals surface area contributed by atoms with Crippen LogP contribution in [0, 0.1) is 12.7 Å². The molecule has 1 N–H and O–H groups in total. The van der Waals surface area contributed by atoms with E-state index in [0.29, 0.717) is 18.2 Å². The van der Waals surface area contributed by atoms with E-state index in [9.17, 15) is 4.39 Å². The highest BCUT2D eigenvalue weighted by Gasteiger charge is 2.14. The average Bonchev–Trinajstić information content (AvgIpc) is 2.73. The summed E-state index contributed by atoms with van der Waals surface area (Å²) in [4.78, 5) is 4.56. The zero-order valence-electron chi connectivity index (χ0n) is 17.1. The molecule has 0 unspecified atom stereocenters. The number of nitrogens with zero attached hydrogens (tertiary/aromatic N) is 2. The van der Waals surface area contributed by atoms with E-state index in [1.165, 1.54) is 17.2 Å². The second kappa shape index (κ2) is 11.2. The minimum absolute atomic E-state index is 0.214. The molecule has 4 nitrogen and oxygen atoms in total. The lowest BCUT2D eigenvalue weighted by atomic mass is 10.1. The SMILES string of the molecule is Cc1ccc(CNC(=S)N(CCCN2CCOCC2)Cc2cccc(F)c2)cc1. The third-order valence-corrected chi connectivity index (χ3v) is 5.52. The molecule has 2 aromatic rings. The third kappa shape index (κ3) is 7.38. The van der Waals surface area contributed by atoms with Gasteiger partial charge in [0.2, 0.25) is 0 Å². The number of rotatable bonds is 8. The van der Waals surface area contributed by atoms with Crippen molar-refractivity contribution in [3.8, 4) is 0 Å². The molecule has 1 aliphatic heterocycles. The minimum Gasteiger partial charge on any atom is -0.379 e. The van der Waals surface area contributed by atoms with Crippen molar-refractivity contribution < 1.29 is 9.13 Å². The Balaban J connectivity index is 1.57. The topological polar surface area (TPSA) is 27.7 Å². The van der Waals surface area contributed by atoms with Gasteiger partial charge in [-0.1, -0.05) is 42.0 Å². The predicted octanol–water partition coefficient (Wildman–Crippen LogP) is 3.73. The van der Waals surface area contributed by atoms with Crippen molar-refractivity contribution in [2.45, 2.75) is 26.4 Å². The van der Waals surface area contributed by atoms with Crippen molar-refractivity contribution in [2.75, 3.05) is 39.4 Å². The van der Waals surface area contributed by atoms with Gasteiger partial charge in [-0.2, -0.15) is 0 Å². The van der Waals surface area contributed by atoms with Crippen LogP contribution in [-0.4, -0.2) is 54.3 Å². The number of nitrogens with one attached hydrogen (secondary N) is 1. The molecule has 3 rings (SSSR count). The van der Waals surface area contributed by atoms with Crippen molar-refractivity contribution in [1.82, 2.24) is 15.1 Å². The fourth-order valence-corrected chi connectivity index (χ4v) is 3.64. The van der Waals surface area contributed by atoms with Gasteiger partial charge in [0, 0.05) is 39.3 Å². The molecule has 29 heavy (non-hydrogen) atoms. The summed E-state index contributed by atoms with van der Waals surface area (Å²) in [6.07, 6.45) is 1.00. The van der Waals surface area contributed by atoms with Crippen molar-refractivity contribution in [3.63, 3.8) is 0 Å². The Kier molecular flexibility index (Phi) is 8.40. The molecule has 156 valence electrons. The van der Waals surface area contributed by atoms with Gasteiger partial charge in [-0.3, -0.25) is 4.90 Å². The first-order valence-corrected chi connectivity index (χ1v) is 10.6. The normalized spacial score (nSPS) is 14.6. The van der Waals surface area contributed by atoms with Gasteiger partial charge in [-0.15, -0.1) is 0 Å². The first-order chi connectivity index (χ1) is 14.1. The summed E-state index contributed by atoms with van der Waals surface area (Å²) in [5.74, 6) is -0.214. The van der Waals surface area contributed by atoms with E-state index in [1.54, 1.807) is 12.1 Å². The van der Waals surface area contributed by atoms with Gasteiger partial charge in [-0.25, -0.2) is 4.39 Å². The number of hydrogen-bond donors (Lipinski definition) is 1. The second-order valence-corrected chi connectivity index (χ2v) is 7.89. The molecule has 2 aromatic carbocycles. The second-order valence-electron chi connectivity index (χ2n) is 7.50. The summed E-state index contributed by atoms with van der Waals surface area (Å²) in [5.41, 5.74) is 3.36. The Bertz CT molecular complexity index is 778. The van der Waals surface area contributed by atoms with E-state index >= 15 is 0 Å². The maximum atomic E-state index is 13.6. The molecule has 0 bridgehead atoms. The van der Waals surface area contributed by atoms with E-state index in [0.717, 1.165) is 51.4 Å². The highest BCUT2D eigenvalue weighted by atomic mass is 32.1. The van der Waals surface area contributed by atoms with Crippen molar-refractivity contribution >= 4 is 17.3 Å². The lowest BCUT2D eigenvalue weighted by Crippen LogP contribution is -2.42. The number of benzene rings is 2. The molecular formula is C23H30FN3OS. The summed E-state index contributed by atoms with van der Waals surface area (Å²) in [6, 6.07) is 15.2. The fourth-order valence-electron chi connectivity index (χ4n) is 3.41. The maximum Gasteiger partial charge on any atom is 0.169 e. The molecule has 0 aliphatic carbocycles. The summed E-state index contributed by atoms with van der Waals surface area (Å²) in [6.45, 7) is 8.80. The van der Waals surface area contributed by atoms with Crippen LogP contribution in [0.4, 0.5) is 4.39 Å². The summed E-state index contributed by atoms with van der Waals surface area (Å²) in [5, 5.41) is 4.08. The molecule has 6 heteroatoms. The Labute approximate surface area is 178 Å². The standard InChI is InChI=1S/C23H30FN3OS/c1-19-6-8-20(9-7-19)17-25-23(29)27(18-21-4-2-5-22(24)16-21)11-3-10-26-12-14-28-15-13-26/h2,4-9,16H,3,10-15,17-18H2,1H3,(H,25,29). The van der Waals surface area contributed by atoms with Crippen LogP contribution in [0.2, 0.25) is 0 Å². The minimum atomic E-state index is -0.214. The molecule has 1 fully saturated rings. The fraction of sp³-hybridized carbons (Fsp3) is 0.435. The predicted molar refractivity (Wildman–Crippen MR) is 119 cm³/mol. The third-order valence-electron chi connectivity index (χ3n) is 5.12. The van der Waals surface area contributed by atoms with Crippen LogP contribution in [0.25, 0.3) is 0 Å². The van der Waals surface area contributed by atoms with E-state index < -0.39 is 0 Å². The molecule has 0 saturated carbocycles. The number of aryl methyl sites for hydroxylation is 1. The molecule has 1 heterocycles. The number of halogens is 1. The zero-order chi connectivity index (χ0) is 20.5. The highest BCUT2D eigenvalue weighted by Crippen LogP contribution is 2.10. The smallest absolute Gasteiger partial charge is 0.169 e. The Hall–Kier alpha value is -2.02. The number of thiocarbonyl (C=S) groups is 1. The number of ether oxygens (including phenoxy) is 1. The van der Waals surface area contributed by atoms with E-state index in [-0.39, 0.29) is 5.82 Å². The van der Waals surface area contributed by atoms with Gasteiger partial charge in [0.15, 0.2) is 5.11 Å². The number of hydrogen-bond acceptors (Lipinski definition) is 3. The number of morpholine rings is 1. The Morgan fingerprint density at radius 3 is 2.62 bits per heavy atom. The van der Waals surface area contributed by atoms with Gasteiger partial charge in [0.25, 0.3) is 0 Å². The van der Waals surface area contributed by atoms with Crippen LogP contribution in [0.3, 0.4) is 0 Å². The largest absolute Gasteiger partial charge is 0.379 e. The molecule has 0 radical (unpaired) electrons. The quantitative estimate of drug-likeness (QED) is 0.663. The molecule has 1 saturated heterocycles. The lowest BCUT2D eigenvalue weighted by Gasteiger charge is -2.29. The lowest BCUT2D eigenvalue weighted by molar-refractivity contribution is 0.0367. The van der Waals surface area contributed by atoms with Crippen LogP contribution < -0.4 is 5.32 Å². The first kappa shape index (κ1) is 21.7. The van der Waals surface area contributed by atoms with E-state index in [4.69, 9.17) is 17.0 Å². The van der Waals surface area contributed by atoms with Gasteiger partial charge in [-0.05, 0) is 48.8 Å². The molecule has 1 aliphatic rings. The summed E-state index contributed by atoms with van der Waals surface area (Å²) < 4.78 is 19.0. The summed E-state index contributed by atoms with van der Waals surface area (Å²) >= 11 is 5.69. The Morgan fingerprint density at radius 2 is 1.90 bits per heavy atom. The highest BCUT2D eigenvalue weighted by molar-refractivity contribution is 7.80. The van der Waals surface area contributed by atoms with Crippen LogP contribution in [0.15, 0.2) is 48.5 Å². The van der Waals surface area contributed by atoms with E-state index in [1.807, 2.05) is 6.07 Å². The van der Waals surface area contributed by atoms with Gasteiger partial charge < -0.3 is 15.0 Å². The Morgan fingerprint density at radius 1 is 1.14 bits per heavy atom. The van der Waals surface area contributed by atoms with E-state index in [2.05, 4.69) is 46.3 Å². The van der Waals surface area contributed by atoms with Crippen LogP contribution in [0.1, 0.15) is 23.1 Å². The maximum absolute atomic E-state index is 13.6. The van der Waals surface area contributed by atoms with Crippen molar-refractivity contribution in [2.24, 2.45) is 0 Å². The van der Waals surface area contributed by atoms with Crippen LogP contribution >= 0.6 is 12.2 Å². The molecular weight excluding hydrogens is 385 g/mol. The zero-order valence-corrected chi connectivity index (χ0v) is 17.9. The van der Waals surface area contributed by atoms with Crippen LogP contribution in [-0.2, 0) is 17.8 Å². The molecule has 0 aromatic heterocycles. The molecule has 0 atom stereocenters. The van der Waals surface area contributed by atoms with Crippen molar-refractivity contribution in [3.05, 3.63) is 71.0 Å². The van der Waals surface area contributed by atoms with Crippen LogP contribution in [0.5, 0.6) is 0 Å². The first-order valence-electron chi connectivity index (χ1n) is 10.2. The molecule has 0 spiro atoms. The van der Waals surface area contributed by atoms with Gasteiger partial charge in [0.1, 0.15) is 5.82 Å². The van der Waals surface area contributed by atoms with Crippen molar-refractivity contribution in [1.29, 1.82) is 0 Å². The van der Waals surface area contributed by atoms with Gasteiger partial charge >= 0.3 is 0 Å². The average molecular weight is 416 g/mol. The monoisotopic (exact) mass is 415 g/mol. The van der Waals surface area contributed by atoms with Gasteiger partial charge in [0.05, 0.1) is 13.2 Å².